The highest BCUT2D eigenvalue weighted by atomic mass is 32.2. The summed E-state index contributed by atoms with van der Waals surface area (Å²) in [6.45, 7) is 4.93. The van der Waals surface area contributed by atoms with Crippen LogP contribution in [0.1, 0.15) is 18.4 Å². The predicted molar refractivity (Wildman–Crippen MR) is 89.1 cm³/mol. The van der Waals surface area contributed by atoms with Gasteiger partial charge in [0.25, 0.3) is 0 Å². The smallest absolute Gasteiger partial charge is 0.223 e. The van der Waals surface area contributed by atoms with Crippen LogP contribution in [0.4, 0.5) is 5.82 Å². The molecule has 1 atom stereocenters. The van der Waals surface area contributed by atoms with Crippen molar-refractivity contribution < 1.29 is 13.2 Å². The molecule has 0 N–H and O–H groups in total. The number of amides is 1. The van der Waals surface area contributed by atoms with Crippen molar-refractivity contribution in [3.63, 3.8) is 0 Å². The molecule has 2 saturated heterocycles. The van der Waals surface area contributed by atoms with Gasteiger partial charge >= 0.3 is 0 Å². The fourth-order valence-electron chi connectivity index (χ4n) is 3.39. The first-order valence-electron chi connectivity index (χ1n) is 8.09. The zero-order chi connectivity index (χ0) is 16.4. The van der Waals surface area contributed by atoms with E-state index in [2.05, 4.69) is 9.88 Å². The van der Waals surface area contributed by atoms with Crippen LogP contribution in [0.2, 0.25) is 0 Å². The lowest BCUT2D eigenvalue weighted by atomic mass is 10.0. The van der Waals surface area contributed by atoms with Crippen LogP contribution in [0.3, 0.4) is 0 Å². The molecule has 2 aliphatic heterocycles. The highest BCUT2D eigenvalue weighted by Gasteiger charge is 2.31. The van der Waals surface area contributed by atoms with Crippen LogP contribution in [-0.2, 0) is 14.6 Å². The Hall–Kier alpha value is -1.63. The van der Waals surface area contributed by atoms with Gasteiger partial charge < -0.3 is 9.80 Å². The second-order valence-corrected chi connectivity index (χ2v) is 8.71. The number of carbonyl (C=O) groups is 1. The number of sulfone groups is 1. The van der Waals surface area contributed by atoms with Crippen LogP contribution in [0.5, 0.6) is 0 Å². The molecule has 23 heavy (non-hydrogen) atoms. The van der Waals surface area contributed by atoms with E-state index in [1.54, 1.807) is 6.20 Å². The molecule has 1 amide bonds. The molecule has 0 spiro atoms. The van der Waals surface area contributed by atoms with Crippen LogP contribution in [0, 0.1) is 12.8 Å². The minimum atomic E-state index is -2.91. The molecule has 7 heteroatoms. The fraction of sp³-hybridized carbons (Fsp3) is 0.625. The van der Waals surface area contributed by atoms with E-state index in [1.165, 1.54) is 0 Å². The Morgan fingerprint density at radius 3 is 2.65 bits per heavy atom. The zero-order valence-corrected chi connectivity index (χ0v) is 14.3. The molecular weight excluding hydrogens is 314 g/mol. The van der Waals surface area contributed by atoms with Crippen LogP contribution in [0.25, 0.3) is 0 Å². The van der Waals surface area contributed by atoms with Crippen LogP contribution < -0.4 is 4.90 Å². The van der Waals surface area contributed by atoms with Gasteiger partial charge in [-0.05, 0) is 30.9 Å². The minimum Gasteiger partial charge on any atom is -0.353 e. The maximum absolute atomic E-state index is 12.4. The fourth-order valence-corrected chi connectivity index (χ4v) is 5.25. The molecule has 2 fully saturated rings. The number of aromatic nitrogens is 1. The van der Waals surface area contributed by atoms with E-state index in [-0.39, 0.29) is 23.3 Å². The lowest BCUT2D eigenvalue weighted by molar-refractivity contribution is -0.132. The Morgan fingerprint density at radius 2 is 2.04 bits per heavy atom. The molecule has 0 bridgehead atoms. The Balaban J connectivity index is 1.53. The number of hydrogen-bond acceptors (Lipinski definition) is 5. The first kappa shape index (κ1) is 16.2. The van der Waals surface area contributed by atoms with Crippen molar-refractivity contribution in [1.29, 1.82) is 0 Å². The molecule has 1 aromatic rings. The normalized spacial score (nSPS) is 24.0. The van der Waals surface area contributed by atoms with Crippen molar-refractivity contribution in [2.45, 2.75) is 19.8 Å². The molecule has 2 aliphatic rings. The largest absolute Gasteiger partial charge is 0.353 e. The third-order valence-electron chi connectivity index (χ3n) is 4.70. The summed E-state index contributed by atoms with van der Waals surface area (Å²) in [6, 6.07) is 3.97. The van der Waals surface area contributed by atoms with Gasteiger partial charge in [0.2, 0.25) is 5.91 Å². The first-order chi connectivity index (χ1) is 10.9. The van der Waals surface area contributed by atoms with Gasteiger partial charge in [-0.15, -0.1) is 0 Å². The summed E-state index contributed by atoms with van der Waals surface area (Å²) in [5.41, 5.74) is 1.14. The van der Waals surface area contributed by atoms with Crippen molar-refractivity contribution in [2.75, 3.05) is 42.6 Å². The molecular formula is C16H23N3O3S. The maximum Gasteiger partial charge on any atom is 0.223 e. The van der Waals surface area contributed by atoms with Gasteiger partial charge in [0.1, 0.15) is 5.82 Å². The summed E-state index contributed by atoms with van der Waals surface area (Å²) in [5, 5.41) is 0. The van der Waals surface area contributed by atoms with E-state index >= 15 is 0 Å². The van der Waals surface area contributed by atoms with E-state index in [0.29, 0.717) is 25.9 Å². The molecule has 3 heterocycles. The highest BCUT2D eigenvalue weighted by Crippen LogP contribution is 2.23. The van der Waals surface area contributed by atoms with E-state index < -0.39 is 9.84 Å². The summed E-state index contributed by atoms with van der Waals surface area (Å²) < 4.78 is 23.0. The summed E-state index contributed by atoms with van der Waals surface area (Å²) >= 11 is 0. The molecule has 126 valence electrons. The zero-order valence-electron chi connectivity index (χ0n) is 13.4. The van der Waals surface area contributed by atoms with Gasteiger partial charge in [-0.2, -0.15) is 0 Å². The molecule has 3 rings (SSSR count). The number of pyridine rings is 1. The van der Waals surface area contributed by atoms with Gasteiger partial charge in [0, 0.05) is 38.8 Å². The number of carbonyl (C=O) groups excluding carboxylic acids is 1. The third-order valence-corrected chi connectivity index (χ3v) is 6.54. The number of piperazine rings is 1. The number of anilines is 1. The van der Waals surface area contributed by atoms with Crippen LogP contribution in [-0.4, -0.2) is 61.9 Å². The number of rotatable bonds is 3. The standard InChI is InChI=1S/C16H23N3O3S/c1-13-3-2-5-17-16(13)19-8-6-18(7-9-19)15(20)11-14-4-10-23(21,22)12-14/h2-3,5,14H,4,6-12H2,1H3/t14-/m1/s1. The summed E-state index contributed by atoms with van der Waals surface area (Å²) in [5.74, 6) is 1.48. The Bertz CT molecular complexity index is 682. The van der Waals surface area contributed by atoms with Gasteiger partial charge in [-0.25, -0.2) is 13.4 Å². The molecule has 0 radical (unpaired) electrons. The minimum absolute atomic E-state index is 0.00330. The van der Waals surface area contributed by atoms with E-state index in [0.717, 1.165) is 24.5 Å². The highest BCUT2D eigenvalue weighted by molar-refractivity contribution is 7.91. The topological polar surface area (TPSA) is 70.6 Å². The van der Waals surface area contributed by atoms with Crippen molar-refractivity contribution >= 4 is 21.6 Å². The van der Waals surface area contributed by atoms with Gasteiger partial charge in [0.15, 0.2) is 9.84 Å². The average Bonchev–Trinajstić information content (AvgIpc) is 2.87. The van der Waals surface area contributed by atoms with Gasteiger partial charge in [0.05, 0.1) is 11.5 Å². The number of nitrogens with zero attached hydrogens (tertiary/aromatic N) is 3. The average molecular weight is 337 g/mol. The van der Waals surface area contributed by atoms with E-state index in [1.807, 2.05) is 24.0 Å². The summed E-state index contributed by atoms with van der Waals surface area (Å²) in [6.07, 6.45) is 2.78. The molecule has 0 saturated carbocycles. The Labute approximate surface area is 137 Å². The lowest BCUT2D eigenvalue weighted by Gasteiger charge is -2.36. The maximum atomic E-state index is 12.4. The quantitative estimate of drug-likeness (QED) is 0.818. The summed E-state index contributed by atoms with van der Waals surface area (Å²) in [4.78, 5) is 20.9. The third kappa shape index (κ3) is 3.83. The first-order valence-corrected chi connectivity index (χ1v) is 9.91. The number of aryl methyl sites for hydroxylation is 1. The Kier molecular flexibility index (Phi) is 4.57. The van der Waals surface area contributed by atoms with Gasteiger partial charge in [-0.1, -0.05) is 6.07 Å². The van der Waals surface area contributed by atoms with Crippen LogP contribution in [0.15, 0.2) is 18.3 Å². The van der Waals surface area contributed by atoms with Crippen molar-refractivity contribution in [3.8, 4) is 0 Å². The molecule has 6 nitrogen and oxygen atoms in total. The Morgan fingerprint density at radius 1 is 1.30 bits per heavy atom. The summed E-state index contributed by atoms with van der Waals surface area (Å²) in [7, 11) is -2.91. The molecule has 0 unspecified atom stereocenters. The lowest BCUT2D eigenvalue weighted by Crippen LogP contribution is -2.49. The van der Waals surface area contributed by atoms with Crippen LogP contribution >= 0.6 is 0 Å². The molecule has 0 aromatic carbocycles. The SMILES string of the molecule is Cc1cccnc1N1CCN(C(=O)C[C@H]2CCS(=O)(=O)C2)CC1. The predicted octanol–water partition coefficient (Wildman–Crippen LogP) is 0.863. The van der Waals surface area contributed by atoms with Crippen molar-refractivity contribution in [3.05, 3.63) is 23.9 Å². The molecule has 0 aliphatic carbocycles. The number of hydrogen-bond donors (Lipinski definition) is 0. The van der Waals surface area contributed by atoms with Gasteiger partial charge in [-0.3, -0.25) is 4.79 Å². The monoisotopic (exact) mass is 337 g/mol. The molecule has 1 aromatic heterocycles. The van der Waals surface area contributed by atoms with Crippen molar-refractivity contribution in [1.82, 2.24) is 9.88 Å². The van der Waals surface area contributed by atoms with Crippen molar-refractivity contribution in [2.24, 2.45) is 5.92 Å². The second kappa shape index (κ2) is 6.47. The van der Waals surface area contributed by atoms with E-state index in [4.69, 9.17) is 0 Å². The second-order valence-electron chi connectivity index (χ2n) is 6.48. The van der Waals surface area contributed by atoms with E-state index in [9.17, 15) is 13.2 Å².